The number of hydrogen-bond acceptors (Lipinski definition) is 11. The third-order valence-corrected chi connectivity index (χ3v) is 19.7. The zero-order valence-corrected chi connectivity index (χ0v) is 33.5. The highest BCUT2D eigenvalue weighted by Gasteiger charge is 2.69. The van der Waals surface area contributed by atoms with Gasteiger partial charge in [0.1, 0.15) is 4.90 Å². The molecule has 18 heteroatoms. The van der Waals surface area contributed by atoms with Gasteiger partial charge >= 0.3 is 20.2 Å². The maximum atomic E-state index is 15.7. The van der Waals surface area contributed by atoms with Gasteiger partial charge in [-0.3, -0.25) is 4.55 Å². The lowest BCUT2D eigenvalue weighted by atomic mass is 9.63. The van der Waals surface area contributed by atoms with Crippen LogP contribution in [0, 0.1) is 58.8 Å². The molecule has 14 rings (SSSR count). The zero-order chi connectivity index (χ0) is 40.6. The van der Waals surface area contributed by atoms with E-state index in [0.717, 1.165) is 44.1 Å². The first-order chi connectivity index (χ1) is 28.7. The van der Waals surface area contributed by atoms with E-state index in [0.29, 0.717) is 36.3 Å². The summed E-state index contributed by atoms with van der Waals surface area (Å²) in [6.07, 6.45) is 5.86. The Hall–Kier alpha value is -2.42. The Morgan fingerprint density at radius 2 is 0.850 bits per heavy atom. The first kappa shape index (κ1) is 37.0. The third-order valence-electron chi connectivity index (χ3n) is 17.5. The summed E-state index contributed by atoms with van der Waals surface area (Å²) in [7, 11) is -11.2. The number of benzene rings is 2. The minimum absolute atomic E-state index is 0.00215. The Morgan fingerprint density at radius 1 is 0.483 bits per heavy atom. The highest BCUT2D eigenvalue weighted by molar-refractivity contribution is 7.87. The Morgan fingerprint density at radius 3 is 1.25 bits per heavy atom. The van der Waals surface area contributed by atoms with Gasteiger partial charge in [-0.15, -0.1) is 0 Å². The average molecular weight is 879 g/mol. The van der Waals surface area contributed by atoms with Gasteiger partial charge < -0.3 is 32.6 Å². The molecule has 0 spiro atoms. The molecule has 60 heavy (non-hydrogen) atoms. The van der Waals surface area contributed by atoms with Crippen molar-refractivity contribution >= 4 is 20.2 Å². The molecule has 0 amide bonds. The molecule has 12 aliphatic rings. The smallest absolute Gasteiger partial charge is 0.339 e. The molecule has 2 aromatic carbocycles. The van der Waals surface area contributed by atoms with Crippen molar-refractivity contribution < 1.29 is 71.6 Å². The standard InChI is InChI=1S/C42H42F4O12S2/c43-33-35(45)42(59(47,48)49)36(46)34(44)40(33)58-60(50,51)41-16(14-10-25-28-19-2-5-22(53-19)31(28)38(14)56-25)7-12(13-9-24-27-18-1-4-21(52-18)30(27)37(13)55-24)8-17(41)15-11-26-29-20-3-6-23(54-20)32(29)39(15)57-26/h7-8,13-15,18-32,37-39H,1-6,9-11H2,(H,47,48,49). The maximum Gasteiger partial charge on any atom is 0.339 e. The van der Waals surface area contributed by atoms with E-state index in [2.05, 4.69) is 0 Å². The van der Waals surface area contributed by atoms with E-state index in [4.69, 9.17) is 32.6 Å². The molecule has 0 aromatic heterocycles. The highest BCUT2D eigenvalue weighted by Crippen LogP contribution is 2.66. The van der Waals surface area contributed by atoms with Crippen LogP contribution in [-0.2, 0) is 48.7 Å². The van der Waals surface area contributed by atoms with Crippen molar-refractivity contribution in [2.24, 2.45) is 35.5 Å². The van der Waals surface area contributed by atoms with Gasteiger partial charge in [-0.05, 0) is 74.5 Å². The predicted molar refractivity (Wildman–Crippen MR) is 193 cm³/mol. The van der Waals surface area contributed by atoms with Crippen molar-refractivity contribution in [3.63, 3.8) is 0 Å². The van der Waals surface area contributed by atoms with Gasteiger partial charge in [0.2, 0.25) is 17.4 Å². The van der Waals surface area contributed by atoms with Gasteiger partial charge in [-0.25, -0.2) is 8.78 Å². The Kier molecular flexibility index (Phi) is 7.41. The fraction of sp³-hybridized carbons (Fsp3) is 0.714. The first-order valence-corrected chi connectivity index (χ1v) is 24.5. The molecule has 12 bridgehead atoms. The summed E-state index contributed by atoms with van der Waals surface area (Å²) in [6, 6.07) is 3.73. The average Bonchev–Trinajstić information content (AvgIpc) is 4.07. The highest BCUT2D eigenvalue weighted by atomic mass is 32.2. The Bertz CT molecular complexity index is 2400. The van der Waals surface area contributed by atoms with Crippen LogP contribution in [0.25, 0.3) is 0 Å². The van der Waals surface area contributed by atoms with E-state index in [9.17, 15) is 13.0 Å². The van der Waals surface area contributed by atoms with Crippen LogP contribution in [0.4, 0.5) is 17.6 Å². The van der Waals surface area contributed by atoms with E-state index >= 15 is 26.0 Å². The quantitative estimate of drug-likeness (QED) is 0.164. The molecule has 0 saturated carbocycles. The fourth-order valence-corrected chi connectivity index (χ4v) is 17.8. The number of hydrogen-bond donors (Lipinski definition) is 1. The van der Waals surface area contributed by atoms with E-state index in [1.165, 1.54) is 0 Å². The van der Waals surface area contributed by atoms with Gasteiger partial charge in [0.25, 0.3) is 0 Å². The van der Waals surface area contributed by atoms with Crippen LogP contribution in [0.2, 0.25) is 0 Å². The second-order valence-electron chi connectivity index (χ2n) is 19.7. The summed E-state index contributed by atoms with van der Waals surface area (Å²) in [5.74, 6) is -12.2. The summed E-state index contributed by atoms with van der Waals surface area (Å²) >= 11 is 0. The van der Waals surface area contributed by atoms with Crippen LogP contribution in [0.3, 0.4) is 0 Å². The molecule has 1 N–H and O–H groups in total. The van der Waals surface area contributed by atoms with E-state index < -0.39 is 78.2 Å². The molecule has 12 fully saturated rings. The zero-order valence-electron chi connectivity index (χ0n) is 31.9. The summed E-state index contributed by atoms with van der Waals surface area (Å²) in [4.78, 5) is -2.66. The Labute approximate surface area is 342 Å². The molecule has 322 valence electrons. The van der Waals surface area contributed by atoms with Crippen LogP contribution >= 0.6 is 0 Å². The van der Waals surface area contributed by atoms with Crippen molar-refractivity contribution in [2.45, 2.75) is 159 Å². The van der Waals surface area contributed by atoms with Crippen molar-refractivity contribution in [1.29, 1.82) is 0 Å². The van der Waals surface area contributed by atoms with Gasteiger partial charge in [0.15, 0.2) is 16.5 Å². The van der Waals surface area contributed by atoms with Crippen molar-refractivity contribution in [2.75, 3.05) is 0 Å². The lowest BCUT2D eigenvalue weighted by Gasteiger charge is -2.38. The number of halogens is 4. The topological polar surface area (TPSA) is 153 Å². The predicted octanol–water partition coefficient (Wildman–Crippen LogP) is 5.40. The van der Waals surface area contributed by atoms with Crippen molar-refractivity contribution in [1.82, 2.24) is 0 Å². The summed E-state index contributed by atoms with van der Waals surface area (Å²) < 4.78 is 169. The summed E-state index contributed by atoms with van der Waals surface area (Å²) in [6.45, 7) is 0. The molecular weight excluding hydrogens is 837 g/mol. The molecule has 12 nitrogen and oxygen atoms in total. The van der Waals surface area contributed by atoms with Gasteiger partial charge in [-0.1, -0.05) is 12.1 Å². The van der Waals surface area contributed by atoms with Crippen LogP contribution in [-0.4, -0.2) is 94.6 Å². The van der Waals surface area contributed by atoms with Crippen LogP contribution in [0.15, 0.2) is 21.9 Å². The molecule has 12 saturated heterocycles. The lowest BCUT2D eigenvalue weighted by Crippen LogP contribution is -2.41. The van der Waals surface area contributed by atoms with Crippen LogP contribution in [0.5, 0.6) is 5.75 Å². The normalized spacial score (nSPS) is 49.2. The van der Waals surface area contributed by atoms with Crippen LogP contribution in [0.1, 0.15) is 92.2 Å². The monoisotopic (exact) mass is 878 g/mol. The second kappa shape index (κ2) is 12.0. The minimum atomic E-state index is -5.82. The fourth-order valence-electron chi connectivity index (χ4n) is 15.8. The number of rotatable bonds is 7. The van der Waals surface area contributed by atoms with Crippen molar-refractivity contribution in [3.8, 4) is 5.75 Å². The van der Waals surface area contributed by atoms with E-state index in [-0.39, 0.29) is 101 Å². The molecule has 12 aliphatic heterocycles. The van der Waals surface area contributed by atoms with E-state index in [1.807, 2.05) is 12.1 Å². The molecule has 21 atom stereocenters. The van der Waals surface area contributed by atoms with E-state index in [1.54, 1.807) is 0 Å². The van der Waals surface area contributed by atoms with Gasteiger partial charge in [0.05, 0.1) is 73.2 Å². The van der Waals surface area contributed by atoms with Gasteiger partial charge in [0, 0.05) is 53.3 Å². The molecule has 0 aliphatic carbocycles. The number of fused-ring (bicyclic) bond motifs is 27. The van der Waals surface area contributed by atoms with Crippen LogP contribution < -0.4 is 4.18 Å². The SMILES string of the molecule is O=S(=O)(O)c1c(F)c(F)c(OS(=O)(=O)c2c(C3CC4OC3C3C5CCC(O5)C43)cc(C3CC4OC3C3C5CCC(O5)C43)cc2C2CC3OC2C2C4CCC(O4)C32)c(F)c1F. The molecular formula is C42H42F4O12S2. The Balaban J connectivity index is 0.951. The van der Waals surface area contributed by atoms with Crippen molar-refractivity contribution in [3.05, 3.63) is 52.1 Å². The largest absolute Gasteiger partial charge is 0.374 e. The summed E-state index contributed by atoms with van der Waals surface area (Å²) in [5.41, 5.74) is 1.53. The number of ether oxygens (including phenoxy) is 6. The third kappa shape index (κ3) is 4.61. The second-order valence-corrected chi connectivity index (χ2v) is 22.6. The molecule has 2 aromatic rings. The maximum absolute atomic E-state index is 15.7. The molecule has 21 unspecified atom stereocenters. The summed E-state index contributed by atoms with van der Waals surface area (Å²) in [5, 5.41) is 0. The molecule has 0 radical (unpaired) electrons. The van der Waals surface area contributed by atoms with Gasteiger partial charge in [-0.2, -0.15) is 25.6 Å². The lowest BCUT2D eigenvalue weighted by molar-refractivity contribution is 0.00547. The minimum Gasteiger partial charge on any atom is -0.374 e. The molecule has 12 heterocycles. The first-order valence-electron chi connectivity index (χ1n) is 21.6.